The van der Waals surface area contributed by atoms with Gasteiger partial charge in [0.1, 0.15) is 5.75 Å². The molecule has 31 heavy (non-hydrogen) atoms. The van der Waals surface area contributed by atoms with Crippen molar-refractivity contribution >= 4 is 17.7 Å². The Bertz CT molecular complexity index is 844. The number of amides is 1. The van der Waals surface area contributed by atoms with Gasteiger partial charge in [-0.05, 0) is 73.5 Å². The molecular weight excluding hydrogens is 412 g/mol. The molecule has 1 amide bonds. The van der Waals surface area contributed by atoms with Crippen LogP contribution < -0.4 is 10.1 Å². The fraction of sp³-hybridized carbons (Fsp3) is 0.636. The Hall–Kier alpha value is -2.13. The van der Waals surface area contributed by atoms with Crippen molar-refractivity contribution in [2.75, 3.05) is 32.5 Å². The molecule has 1 aromatic heterocycles. The summed E-state index contributed by atoms with van der Waals surface area (Å²) in [6.45, 7) is 3.08. The van der Waals surface area contributed by atoms with Crippen LogP contribution in [-0.4, -0.2) is 69.1 Å². The van der Waals surface area contributed by atoms with E-state index >= 15 is 0 Å². The SMILES string of the molecule is COc1ccc(-n2nnnc2SCC(=O)NCC2(N3CCCCC3)CCCCC2)cc1. The summed E-state index contributed by atoms with van der Waals surface area (Å²) in [6.07, 6.45) is 10.1. The molecule has 168 valence electrons. The third kappa shape index (κ3) is 5.38. The lowest BCUT2D eigenvalue weighted by atomic mass is 9.79. The predicted molar refractivity (Wildman–Crippen MR) is 121 cm³/mol. The Morgan fingerprint density at radius 3 is 2.52 bits per heavy atom. The summed E-state index contributed by atoms with van der Waals surface area (Å²) in [5.74, 6) is 1.11. The van der Waals surface area contributed by atoms with Crippen LogP contribution in [0.5, 0.6) is 5.75 Å². The number of tetrazole rings is 1. The number of hydrogen-bond acceptors (Lipinski definition) is 7. The number of nitrogens with one attached hydrogen (secondary N) is 1. The Morgan fingerprint density at radius 1 is 1.10 bits per heavy atom. The highest BCUT2D eigenvalue weighted by atomic mass is 32.2. The molecule has 4 rings (SSSR count). The first-order valence-electron chi connectivity index (χ1n) is 11.3. The number of rotatable bonds is 8. The van der Waals surface area contributed by atoms with E-state index in [0.29, 0.717) is 10.9 Å². The molecule has 1 saturated carbocycles. The summed E-state index contributed by atoms with van der Waals surface area (Å²) in [6, 6.07) is 7.51. The molecule has 1 aromatic carbocycles. The van der Waals surface area contributed by atoms with Crippen molar-refractivity contribution in [2.24, 2.45) is 0 Å². The zero-order valence-electron chi connectivity index (χ0n) is 18.3. The van der Waals surface area contributed by atoms with Crippen LogP contribution in [0.1, 0.15) is 51.4 Å². The van der Waals surface area contributed by atoms with Gasteiger partial charge in [0.05, 0.1) is 18.6 Å². The van der Waals surface area contributed by atoms with Gasteiger partial charge < -0.3 is 10.1 Å². The van der Waals surface area contributed by atoms with Gasteiger partial charge in [-0.25, -0.2) is 0 Å². The van der Waals surface area contributed by atoms with Crippen molar-refractivity contribution < 1.29 is 9.53 Å². The minimum atomic E-state index is 0.0382. The van der Waals surface area contributed by atoms with E-state index in [1.54, 1.807) is 11.8 Å². The second kappa shape index (κ2) is 10.5. The Balaban J connectivity index is 1.33. The third-order valence-electron chi connectivity index (χ3n) is 6.52. The highest BCUT2D eigenvalue weighted by molar-refractivity contribution is 7.99. The maximum atomic E-state index is 12.7. The molecule has 0 atom stereocenters. The lowest BCUT2D eigenvalue weighted by molar-refractivity contribution is -0.119. The zero-order valence-corrected chi connectivity index (χ0v) is 19.1. The van der Waals surface area contributed by atoms with Crippen molar-refractivity contribution in [3.63, 3.8) is 0 Å². The molecule has 8 nitrogen and oxygen atoms in total. The predicted octanol–water partition coefficient (Wildman–Crippen LogP) is 3.07. The molecule has 1 saturated heterocycles. The lowest BCUT2D eigenvalue weighted by Gasteiger charge is -2.48. The highest BCUT2D eigenvalue weighted by Crippen LogP contribution is 2.35. The average molecular weight is 445 g/mol. The molecule has 2 aliphatic rings. The van der Waals surface area contributed by atoms with Gasteiger partial charge in [-0.15, -0.1) is 5.10 Å². The second-order valence-electron chi connectivity index (χ2n) is 8.47. The van der Waals surface area contributed by atoms with Crippen LogP contribution in [0.2, 0.25) is 0 Å². The molecule has 2 heterocycles. The first-order valence-corrected chi connectivity index (χ1v) is 12.3. The van der Waals surface area contributed by atoms with Gasteiger partial charge in [0, 0.05) is 12.1 Å². The number of ether oxygens (including phenoxy) is 1. The number of methoxy groups -OCH3 is 1. The van der Waals surface area contributed by atoms with E-state index in [2.05, 4.69) is 25.7 Å². The highest BCUT2D eigenvalue weighted by Gasteiger charge is 2.38. The van der Waals surface area contributed by atoms with Gasteiger partial charge in [0.25, 0.3) is 0 Å². The van der Waals surface area contributed by atoms with Crippen LogP contribution in [0, 0.1) is 0 Å². The molecule has 9 heteroatoms. The van der Waals surface area contributed by atoms with Gasteiger partial charge in [0.2, 0.25) is 11.1 Å². The van der Waals surface area contributed by atoms with Crippen LogP contribution in [0.4, 0.5) is 0 Å². The number of thioether (sulfide) groups is 1. The van der Waals surface area contributed by atoms with Crippen molar-refractivity contribution in [2.45, 2.75) is 62.1 Å². The number of aromatic nitrogens is 4. The van der Waals surface area contributed by atoms with E-state index in [4.69, 9.17) is 4.74 Å². The fourth-order valence-corrected chi connectivity index (χ4v) is 5.50. The third-order valence-corrected chi connectivity index (χ3v) is 7.44. The van der Waals surface area contributed by atoms with Gasteiger partial charge in [-0.2, -0.15) is 4.68 Å². The van der Waals surface area contributed by atoms with E-state index in [9.17, 15) is 4.79 Å². The molecule has 1 aliphatic heterocycles. The molecule has 0 unspecified atom stereocenters. The largest absolute Gasteiger partial charge is 0.497 e. The molecule has 1 N–H and O–H groups in total. The van der Waals surface area contributed by atoms with Gasteiger partial charge in [-0.1, -0.05) is 37.4 Å². The van der Waals surface area contributed by atoms with E-state index in [1.807, 2.05) is 24.3 Å². The lowest BCUT2D eigenvalue weighted by Crippen LogP contribution is -2.58. The first kappa shape index (κ1) is 22.1. The molecule has 0 radical (unpaired) electrons. The van der Waals surface area contributed by atoms with Crippen LogP contribution >= 0.6 is 11.8 Å². The van der Waals surface area contributed by atoms with Crippen molar-refractivity contribution in [3.05, 3.63) is 24.3 Å². The van der Waals surface area contributed by atoms with Crippen LogP contribution in [0.25, 0.3) is 5.69 Å². The summed E-state index contributed by atoms with van der Waals surface area (Å²) in [5.41, 5.74) is 0.976. The Labute approximate surface area is 188 Å². The van der Waals surface area contributed by atoms with E-state index in [1.165, 1.54) is 76.2 Å². The van der Waals surface area contributed by atoms with Crippen LogP contribution in [0.15, 0.2) is 29.4 Å². The molecule has 2 aromatic rings. The first-order chi connectivity index (χ1) is 15.2. The summed E-state index contributed by atoms with van der Waals surface area (Å²) < 4.78 is 6.85. The number of carbonyl (C=O) groups excluding carboxylic acids is 1. The molecule has 0 bridgehead atoms. The molecule has 0 spiro atoms. The number of nitrogens with zero attached hydrogens (tertiary/aromatic N) is 5. The number of carbonyl (C=O) groups is 1. The van der Waals surface area contributed by atoms with E-state index in [0.717, 1.165) is 18.0 Å². The monoisotopic (exact) mass is 444 g/mol. The average Bonchev–Trinajstić information content (AvgIpc) is 3.31. The fourth-order valence-electron chi connectivity index (χ4n) is 4.78. The normalized spacial score (nSPS) is 19.1. The number of likely N-dealkylation sites (tertiary alicyclic amines) is 1. The van der Waals surface area contributed by atoms with Crippen molar-refractivity contribution in [1.29, 1.82) is 0 Å². The number of piperidine rings is 1. The van der Waals surface area contributed by atoms with Crippen LogP contribution in [-0.2, 0) is 4.79 Å². The quantitative estimate of drug-likeness (QED) is 0.626. The van der Waals surface area contributed by atoms with E-state index in [-0.39, 0.29) is 11.4 Å². The minimum absolute atomic E-state index is 0.0382. The smallest absolute Gasteiger partial charge is 0.230 e. The molecular formula is C22H32N6O2S. The second-order valence-corrected chi connectivity index (χ2v) is 9.41. The van der Waals surface area contributed by atoms with Gasteiger partial charge >= 0.3 is 0 Å². The van der Waals surface area contributed by atoms with Crippen LogP contribution in [0.3, 0.4) is 0 Å². The topological polar surface area (TPSA) is 85.2 Å². The maximum Gasteiger partial charge on any atom is 0.230 e. The standard InChI is InChI=1S/C22H32N6O2S/c1-30-19-10-8-18(9-11-19)28-21(24-25-26-28)31-16-20(29)23-17-22(12-4-2-5-13-22)27-14-6-3-7-15-27/h8-11H,2-7,12-17H2,1H3,(H,23,29). The van der Waals surface area contributed by atoms with Gasteiger partial charge in [-0.3, -0.25) is 9.69 Å². The number of hydrogen-bond donors (Lipinski definition) is 1. The maximum absolute atomic E-state index is 12.7. The zero-order chi connectivity index (χ0) is 21.5. The molecule has 1 aliphatic carbocycles. The Kier molecular flexibility index (Phi) is 7.45. The van der Waals surface area contributed by atoms with Crippen molar-refractivity contribution in [3.8, 4) is 11.4 Å². The Morgan fingerprint density at radius 2 is 1.81 bits per heavy atom. The summed E-state index contributed by atoms with van der Waals surface area (Å²) in [5, 5.41) is 15.8. The summed E-state index contributed by atoms with van der Waals surface area (Å²) >= 11 is 1.36. The van der Waals surface area contributed by atoms with E-state index < -0.39 is 0 Å². The van der Waals surface area contributed by atoms with Gasteiger partial charge in [0.15, 0.2) is 0 Å². The summed E-state index contributed by atoms with van der Waals surface area (Å²) in [7, 11) is 1.63. The molecule has 2 fully saturated rings. The minimum Gasteiger partial charge on any atom is -0.497 e. The number of benzene rings is 1. The summed E-state index contributed by atoms with van der Waals surface area (Å²) in [4.78, 5) is 15.4. The van der Waals surface area contributed by atoms with Crippen molar-refractivity contribution in [1.82, 2.24) is 30.4 Å².